The Morgan fingerprint density at radius 1 is 1.36 bits per heavy atom. The first kappa shape index (κ1) is 12.0. The zero-order valence-electron chi connectivity index (χ0n) is 7.18. The van der Waals surface area contributed by atoms with Gasteiger partial charge < -0.3 is 0 Å². The van der Waals surface area contributed by atoms with Crippen molar-refractivity contribution in [3.8, 4) is 0 Å². The van der Waals surface area contributed by atoms with Gasteiger partial charge in [0.2, 0.25) is 0 Å². The Kier molecular flexibility index (Phi) is 7.12. The average Bonchev–Trinajstić information content (AvgIpc) is 1.99. The van der Waals surface area contributed by atoms with Gasteiger partial charge in [-0.05, 0) is 0 Å². The molecule has 3 nitrogen and oxygen atoms in total. The van der Waals surface area contributed by atoms with Crippen LogP contribution in [0.5, 0.6) is 0 Å². The average molecular weight is 216 g/mol. The number of nitrogens with one attached hydrogen (secondary N) is 2. The Morgan fingerprint density at radius 3 is 2.45 bits per heavy atom. The standard InChI is InChI=1S/C5H17N2OPS2/c1-9(8,11-3)6-4-5-7-10-2/h6-9H,4-5H2,1-3H3. The Balaban J connectivity index is 3.23. The molecule has 3 N–H and O–H groups in total. The molecule has 0 heterocycles. The molecule has 0 aliphatic rings. The van der Waals surface area contributed by atoms with Crippen molar-refractivity contribution in [3.63, 3.8) is 0 Å². The molecule has 0 fully saturated rings. The zero-order valence-corrected chi connectivity index (χ0v) is 9.81. The van der Waals surface area contributed by atoms with Crippen LogP contribution in [0.15, 0.2) is 0 Å². The van der Waals surface area contributed by atoms with Crippen molar-refractivity contribution < 1.29 is 4.89 Å². The summed E-state index contributed by atoms with van der Waals surface area (Å²) < 4.78 is 3.10. The van der Waals surface area contributed by atoms with Gasteiger partial charge in [-0.2, -0.15) is 0 Å². The third-order valence-corrected chi connectivity index (χ3v) is 6.23. The first-order chi connectivity index (χ1) is 5.12. The fraction of sp³-hybridized carbons (Fsp3) is 1.00. The summed E-state index contributed by atoms with van der Waals surface area (Å²) in [6.45, 7) is 1.50. The summed E-state index contributed by atoms with van der Waals surface area (Å²) >= 11 is 3.13. The summed E-state index contributed by atoms with van der Waals surface area (Å²) in [5, 5.41) is 3.13. The van der Waals surface area contributed by atoms with Gasteiger partial charge in [-0.1, -0.05) is 0 Å². The van der Waals surface area contributed by atoms with Gasteiger partial charge in [0, 0.05) is 0 Å². The summed E-state index contributed by atoms with van der Waals surface area (Å²) in [6, 6.07) is 0. The predicted molar refractivity (Wildman–Crippen MR) is 59.5 cm³/mol. The van der Waals surface area contributed by atoms with Crippen LogP contribution in [0.3, 0.4) is 0 Å². The number of hydrogen-bond acceptors (Lipinski definition) is 5. The fourth-order valence-corrected chi connectivity index (χ4v) is 2.30. The van der Waals surface area contributed by atoms with Crippen LogP contribution in [0.25, 0.3) is 0 Å². The molecule has 0 aromatic heterocycles. The predicted octanol–water partition coefficient (Wildman–Crippen LogP) is 0.924. The topological polar surface area (TPSA) is 44.3 Å². The van der Waals surface area contributed by atoms with E-state index in [0.29, 0.717) is 0 Å². The molecule has 0 saturated carbocycles. The maximum absolute atomic E-state index is 9.58. The molecule has 0 radical (unpaired) electrons. The normalized spacial score (nSPS) is 13.5. The molecular weight excluding hydrogens is 199 g/mol. The van der Waals surface area contributed by atoms with E-state index in [1.807, 2.05) is 19.2 Å². The van der Waals surface area contributed by atoms with E-state index in [2.05, 4.69) is 9.81 Å². The molecule has 0 rings (SSSR count). The first-order valence-electron chi connectivity index (χ1n) is 3.41. The van der Waals surface area contributed by atoms with E-state index in [1.54, 1.807) is 11.9 Å². The van der Waals surface area contributed by atoms with Crippen LogP contribution in [0.1, 0.15) is 0 Å². The van der Waals surface area contributed by atoms with Crippen molar-refractivity contribution in [2.45, 2.75) is 0 Å². The van der Waals surface area contributed by atoms with Crippen LogP contribution in [0.4, 0.5) is 0 Å². The van der Waals surface area contributed by atoms with Gasteiger partial charge in [0.1, 0.15) is 0 Å². The summed E-state index contributed by atoms with van der Waals surface area (Å²) in [5.41, 5.74) is 0. The molecule has 0 bridgehead atoms. The minimum atomic E-state index is -2.11. The van der Waals surface area contributed by atoms with E-state index in [9.17, 15) is 4.89 Å². The van der Waals surface area contributed by atoms with Crippen LogP contribution >= 0.6 is 30.2 Å². The van der Waals surface area contributed by atoms with Gasteiger partial charge in [0.15, 0.2) is 0 Å². The molecule has 0 aliphatic heterocycles. The molecular formula is C5H17N2OPS2. The zero-order chi connectivity index (χ0) is 8.74. The van der Waals surface area contributed by atoms with Gasteiger partial charge in [-0.3, -0.25) is 0 Å². The molecule has 0 unspecified atom stereocenters. The van der Waals surface area contributed by atoms with E-state index in [-0.39, 0.29) is 0 Å². The van der Waals surface area contributed by atoms with Crippen LogP contribution in [-0.4, -0.2) is 37.2 Å². The molecule has 6 heteroatoms. The molecule has 0 amide bonds. The second kappa shape index (κ2) is 6.52. The third-order valence-electron chi connectivity index (χ3n) is 1.22. The van der Waals surface area contributed by atoms with Gasteiger partial charge in [-0.25, -0.2) is 0 Å². The van der Waals surface area contributed by atoms with E-state index in [1.165, 1.54) is 11.4 Å². The summed E-state index contributed by atoms with van der Waals surface area (Å²) in [6.07, 6.45) is 3.92. The van der Waals surface area contributed by atoms with Crippen molar-refractivity contribution >= 4 is 30.2 Å². The van der Waals surface area contributed by atoms with E-state index in [0.717, 1.165) is 13.1 Å². The van der Waals surface area contributed by atoms with E-state index >= 15 is 0 Å². The molecule has 0 aliphatic carbocycles. The molecule has 11 heavy (non-hydrogen) atoms. The van der Waals surface area contributed by atoms with Gasteiger partial charge >= 0.3 is 77.1 Å². The van der Waals surface area contributed by atoms with Crippen LogP contribution in [0.2, 0.25) is 0 Å². The number of hydrogen-bond donors (Lipinski definition) is 3. The van der Waals surface area contributed by atoms with Crippen LogP contribution in [-0.2, 0) is 0 Å². The third kappa shape index (κ3) is 7.37. The summed E-state index contributed by atoms with van der Waals surface area (Å²) in [4.78, 5) is 9.58. The Hall–Kier alpha value is 1.01. The second-order valence-corrected chi connectivity index (χ2v) is 9.25. The second-order valence-electron chi connectivity index (χ2n) is 2.21. The first-order valence-corrected chi connectivity index (χ1v) is 9.03. The van der Waals surface area contributed by atoms with Crippen molar-refractivity contribution in [2.75, 3.05) is 32.3 Å². The van der Waals surface area contributed by atoms with Crippen molar-refractivity contribution in [1.29, 1.82) is 0 Å². The number of rotatable bonds is 6. The molecule has 0 aromatic rings. The van der Waals surface area contributed by atoms with Crippen LogP contribution < -0.4 is 9.81 Å². The van der Waals surface area contributed by atoms with Crippen molar-refractivity contribution in [1.82, 2.24) is 9.81 Å². The van der Waals surface area contributed by atoms with Crippen molar-refractivity contribution in [2.24, 2.45) is 0 Å². The molecule has 0 aromatic carbocycles. The Labute approximate surface area is 77.5 Å². The molecule has 0 saturated heterocycles. The van der Waals surface area contributed by atoms with Gasteiger partial charge in [0.25, 0.3) is 0 Å². The van der Waals surface area contributed by atoms with E-state index < -0.39 is 6.84 Å². The van der Waals surface area contributed by atoms with Crippen LogP contribution in [0, 0.1) is 0 Å². The molecule has 0 spiro atoms. The van der Waals surface area contributed by atoms with Crippen molar-refractivity contribution in [3.05, 3.63) is 0 Å². The molecule has 0 atom stereocenters. The van der Waals surface area contributed by atoms with Gasteiger partial charge in [0.05, 0.1) is 0 Å². The SMILES string of the molecule is CSNCCN[PH](C)(O)SC. The monoisotopic (exact) mass is 216 g/mol. The maximum atomic E-state index is 9.58. The molecule has 70 valence electrons. The summed E-state index contributed by atoms with van der Waals surface area (Å²) in [7, 11) is 0. The van der Waals surface area contributed by atoms with E-state index in [4.69, 9.17) is 0 Å². The Bertz CT molecular complexity index is 104. The fourth-order valence-electron chi connectivity index (χ4n) is 0.520. The minimum absolute atomic E-state index is 0.834. The van der Waals surface area contributed by atoms with Gasteiger partial charge in [-0.15, -0.1) is 0 Å². The quantitative estimate of drug-likeness (QED) is 0.350. The Morgan fingerprint density at radius 2 is 2.00 bits per heavy atom. The summed E-state index contributed by atoms with van der Waals surface area (Å²) in [5.74, 6) is 0.